The lowest BCUT2D eigenvalue weighted by atomic mass is 9.93. The highest BCUT2D eigenvalue weighted by Crippen LogP contribution is 2.27. The van der Waals surface area contributed by atoms with E-state index in [9.17, 15) is 50.7 Å². The van der Waals surface area contributed by atoms with Crippen molar-refractivity contribution in [2.24, 2.45) is 0 Å². The minimum absolute atomic E-state index is 0.220. The zero-order valence-corrected chi connectivity index (χ0v) is 29.4. The van der Waals surface area contributed by atoms with Crippen LogP contribution in [0.4, 0.5) is 18.9 Å². The molecule has 2 saturated heterocycles. The highest BCUT2D eigenvalue weighted by atomic mass is 32.2. The van der Waals surface area contributed by atoms with Crippen molar-refractivity contribution in [1.82, 2.24) is 24.4 Å². The third kappa shape index (κ3) is 10.3. The Labute approximate surface area is 301 Å². The highest BCUT2D eigenvalue weighted by molar-refractivity contribution is 7.89. The van der Waals surface area contributed by atoms with E-state index in [-0.39, 0.29) is 18.0 Å². The van der Waals surface area contributed by atoms with Crippen LogP contribution in [0.25, 0.3) is 0 Å². The molecule has 18 nitrogen and oxygen atoms in total. The summed E-state index contributed by atoms with van der Waals surface area (Å²) in [5.41, 5.74) is -1.40. The normalized spacial score (nSPS) is 18.3. The number of halogens is 3. The van der Waals surface area contributed by atoms with Crippen LogP contribution in [0.1, 0.15) is 13.3 Å². The van der Waals surface area contributed by atoms with Crippen LogP contribution in [0.5, 0.6) is 5.75 Å². The number of carboxylic acid groups (broad SMARTS) is 2. The maximum atomic E-state index is 14.2. The Morgan fingerprint density at radius 3 is 2.00 bits per heavy atom. The molecule has 2 aromatic rings. The van der Waals surface area contributed by atoms with Crippen LogP contribution in [-0.2, 0) is 43.5 Å². The molecule has 0 unspecified atom stereocenters. The number of alkyl halides is 3. The molecule has 1 aromatic carbocycles. The molecule has 4 rings (SSSR count). The van der Waals surface area contributed by atoms with Gasteiger partial charge in [0.1, 0.15) is 18.3 Å². The molecule has 3 amide bonds. The SMILES string of the molecule is COC(=O)[C@@]1(C)C(=O)N(CC(=O)O)CCN1C(=O)[C@H](CC(=O)N1CCN(c2ccncc2)CC1)NS(=O)(=O)c1ccc(OC)cc1.O=C(O)C(F)(F)F. The molecule has 3 N–H and O–H groups in total. The number of amides is 3. The Kier molecular flexibility index (Phi) is 13.7. The van der Waals surface area contributed by atoms with Crippen molar-refractivity contribution in [2.75, 3.05) is 64.9 Å². The maximum Gasteiger partial charge on any atom is 0.490 e. The van der Waals surface area contributed by atoms with Gasteiger partial charge < -0.3 is 39.3 Å². The summed E-state index contributed by atoms with van der Waals surface area (Å²) >= 11 is 0. The van der Waals surface area contributed by atoms with E-state index in [0.29, 0.717) is 31.9 Å². The number of aromatic nitrogens is 1. The summed E-state index contributed by atoms with van der Waals surface area (Å²) in [6.07, 6.45) is -2.39. The summed E-state index contributed by atoms with van der Waals surface area (Å²) in [5, 5.41) is 16.4. The maximum absolute atomic E-state index is 14.2. The molecule has 2 atom stereocenters. The number of sulfonamides is 1. The molecule has 1 aromatic heterocycles. The molecule has 0 saturated carbocycles. The first-order valence-corrected chi connectivity index (χ1v) is 17.0. The molecule has 3 heterocycles. The van der Waals surface area contributed by atoms with Crippen LogP contribution < -0.4 is 14.4 Å². The lowest BCUT2D eigenvalue weighted by Crippen LogP contribution is -2.72. The number of carboxylic acids is 2. The Hall–Kier alpha value is -5.51. The molecular formula is C31H37F3N6O12S. The van der Waals surface area contributed by atoms with Gasteiger partial charge in [-0.05, 0) is 43.3 Å². The van der Waals surface area contributed by atoms with Gasteiger partial charge in [0.2, 0.25) is 27.4 Å². The van der Waals surface area contributed by atoms with Crippen molar-refractivity contribution in [3.05, 3.63) is 48.8 Å². The van der Waals surface area contributed by atoms with Crippen LogP contribution in [-0.4, -0.2) is 152 Å². The van der Waals surface area contributed by atoms with Crippen molar-refractivity contribution in [3.8, 4) is 5.75 Å². The third-order valence-electron chi connectivity index (χ3n) is 8.26. The molecule has 2 aliphatic rings. The second kappa shape index (κ2) is 17.3. The first kappa shape index (κ1) is 41.9. The number of nitrogens with zero attached hydrogens (tertiary/aromatic N) is 5. The molecule has 0 bridgehead atoms. The fourth-order valence-electron chi connectivity index (χ4n) is 5.46. The molecular weight excluding hydrogens is 737 g/mol. The van der Waals surface area contributed by atoms with E-state index >= 15 is 0 Å². The average molecular weight is 775 g/mol. The van der Waals surface area contributed by atoms with Crippen molar-refractivity contribution in [3.63, 3.8) is 0 Å². The van der Waals surface area contributed by atoms with Gasteiger partial charge in [0.05, 0.1) is 25.5 Å². The van der Waals surface area contributed by atoms with E-state index in [2.05, 4.69) is 14.6 Å². The lowest BCUT2D eigenvalue weighted by Gasteiger charge is -2.46. The number of carbonyl (C=O) groups is 6. The van der Waals surface area contributed by atoms with E-state index in [1.807, 2.05) is 12.1 Å². The first-order chi connectivity index (χ1) is 24.8. The number of rotatable bonds is 11. The highest BCUT2D eigenvalue weighted by Gasteiger charge is 2.56. The smallest absolute Gasteiger partial charge is 0.490 e. The molecule has 0 radical (unpaired) electrons. The average Bonchev–Trinajstić information content (AvgIpc) is 3.12. The monoisotopic (exact) mass is 774 g/mol. The molecule has 0 aliphatic carbocycles. The zero-order valence-electron chi connectivity index (χ0n) is 28.6. The number of pyridine rings is 1. The zero-order chi connectivity index (χ0) is 39.7. The van der Waals surface area contributed by atoms with Gasteiger partial charge in [0.15, 0.2) is 0 Å². The molecule has 2 fully saturated rings. The molecule has 22 heteroatoms. The summed E-state index contributed by atoms with van der Waals surface area (Å²) in [6.45, 7) is 1.32. The van der Waals surface area contributed by atoms with Gasteiger partial charge in [-0.3, -0.25) is 24.2 Å². The van der Waals surface area contributed by atoms with Gasteiger partial charge in [-0.25, -0.2) is 18.0 Å². The lowest BCUT2D eigenvalue weighted by molar-refractivity contribution is -0.192. The molecule has 53 heavy (non-hydrogen) atoms. The number of carbonyl (C=O) groups excluding carboxylic acids is 4. The van der Waals surface area contributed by atoms with Crippen molar-refractivity contribution < 1.29 is 70.0 Å². The summed E-state index contributed by atoms with van der Waals surface area (Å²) < 4.78 is 70.9. The van der Waals surface area contributed by atoms with Crippen molar-refractivity contribution >= 4 is 51.3 Å². The van der Waals surface area contributed by atoms with E-state index in [1.54, 1.807) is 12.4 Å². The Balaban J connectivity index is 0.000000980. The predicted octanol–water partition coefficient (Wildman–Crippen LogP) is -0.204. The number of piperazine rings is 2. The first-order valence-electron chi connectivity index (χ1n) is 15.6. The number of anilines is 1. The van der Waals surface area contributed by atoms with Gasteiger partial charge in [-0.1, -0.05) is 0 Å². The number of benzene rings is 1. The van der Waals surface area contributed by atoms with E-state index in [0.717, 1.165) is 29.5 Å². The van der Waals surface area contributed by atoms with E-state index < -0.39 is 76.4 Å². The minimum Gasteiger partial charge on any atom is -0.497 e. The van der Waals surface area contributed by atoms with E-state index in [1.165, 1.54) is 36.3 Å². The summed E-state index contributed by atoms with van der Waals surface area (Å²) in [7, 11) is -2.01. The van der Waals surface area contributed by atoms with Crippen LogP contribution in [0.3, 0.4) is 0 Å². The largest absolute Gasteiger partial charge is 0.497 e. The summed E-state index contributed by atoms with van der Waals surface area (Å²) in [4.78, 5) is 83.6. The topological polar surface area (TPSA) is 233 Å². The van der Waals surface area contributed by atoms with Crippen molar-refractivity contribution in [2.45, 2.75) is 36.0 Å². The fraction of sp³-hybridized carbons (Fsp3) is 0.452. The van der Waals surface area contributed by atoms with Gasteiger partial charge in [-0.15, -0.1) is 0 Å². The van der Waals surface area contributed by atoms with Crippen LogP contribution in [0.2, 0.25) is 0 Å². The van der Waals surface area contributed by atoms with Crippen LogP contribution in [0.15, 0.2) is 53.7 Å². The minimum atomic E-state index is -5.08. The molecule has 0 spiro atoms. The number of hydrogen-bond acceptors (Lipinski definition) is 12. The third-order valence-corrected chi connectivity index (χ3v) is 9.75. The summed E-state index contributed by atoms with van der Waals surface area (Å²) in [6, 6.07) is 7.29. The van der Waals surface area contributed by atoms with Gasteiger partial charge >= 0.3 is 24.1 Å². The Morgan fingerprint density at radius 2 is 1.51 bits per heavy atom. The number of hydrogen-bond donors (Lipinski definition) is 3. The van der Waals surface area contributed by atoms with Crippen LogP contribution >= 0.6 is 0 Å². The number of nitrogens with one attached hydrogen (secondary N) is 1. The Bertz CT molecular complexity index is 1770. The number of methoxy groups -OCH3 is 2. The number of aliphatic carboxylic acids is 2. The standard InChI is InChI=1S/C29H36N6O10S.C2HF3O2/c1-29(28(41)45-3)27(40)34(19-25(37)38)16-17-35(29)26(39)23(31-46(42,43)22-6-4-21(44-2)5-7-22)18-24(36)33-14-12-32(13-15-33)20-8-10-30-11-9-20;3-2(4,5)1(6)7/h4-11,23,31H,12-19H2,1-3H3,(H,37,38);(H,6,7)/t23-,29+;/m0./s1. The molecule has 290 valence electrons. The van der Waals surface area contributed by atoms with Gasteiger partial charge in [0, 0.05) is 57.3 Å². The second-order valence-electron chi connectivity index (χ2n) is 11.6. The van der Waals surface area contributed by atoms with Crippen LogP contribution in [0, 0.1) is 0 Å². The quantitative estimate of drug-likeness (QED) is 0.198. The Morgan fingerprint density at radius 1 is 0.943 bits per heavy atom. The fourth-order valence-corrected chi connectivity index (χ4v) is 6.65. The number of ether oxygens (including phenoxy) is 2. The van der Waals surface area contributed by atoms with Gasteiger partial charge in [-0.2, -0.15) is 17.9 Å². The van der Waals surface area contributed by atoms with E-state index in [4.69, 9.17) is 19.4 Å². The van der Waals surface area contributed by atoms with Crippen molar-refractivity contribution in [1.29, 1.82) is 0 Å². The summed E-state index contributed by atoms with van der Waals surface area (Å²) in [5.74, 6) is -7.43. The number of esters is 1. The molecule has 2 aliphatic heterocycles. The predicted molar refractivity (Wildman–Crippen MR) is 175 cm³/mol. The van der Waals surface area contributed by atoms with Gasteiger partial charge in [0.25, 0.3) is 5.91 Å². The second-order valence-corrected chi connectivity index (χ2v) is 13.3.